The normalized spacial score (nSPS) is 15.8. The molecule has 0 aliphatic carbocycles. The maximum Gasteiger partial charge on any atom is 0.416 e. The number of benzene rings is 3. The lowest BCUT2D eigenvalue weighted by Gasteiger charge is -2.40. The third-order valence-electron chi connectivity index (χ3n) is 6.76. The first kappa shape index (κ1) is 28.2. The minimum Gasteiger partial charge on any atom is -0.348 e. The Morgan fingerprint density at radius 2 is 1.64 bits per heavy atom. The van der Waals surface area contributed by atoms with Crippen LogP contribution in [0.25, 0.3) is 22.0 Å². The molecule has 0 saturated carbocycles. The molecule has 0 spiro atoms. The maximum absolute atomic E-state index is 14.3. The molecule has 0 radical (unpaired) electrons. The van der Waals surface area contributed by atoms with Crippen LogP contribution in [0, 0.1) is 11.6 Å². The second-order valence-electron chi connectivity index (χ2n) is 9.29. The van der Waals surface area contributed by atoms with Gasteiger partial charge in [0, 0.05) is 42.0 Å². The first-order valence-electron chi connectivity index (χ1n) is 12.0. The van der Waals surface area contributed by atoms with Crippen LogP contribution < -0.4 is 4.90 Å². The monoisotopic (exact) mass is 562 g/mol. The van der Waals surface area contributed by atoms with Crippen LogP contribution in [0.15, 0.2) is 66.7 Å². The average Bonchev–Trinajstić information content (AvgIpc) is 2.89. The third kappa shape index (κ3) is 5.80. The van der Waals surface area contributed by atoms with Gasteiger partial charge in [0.25, 0.3) is 0 Å². The van der Waals surface area contributed by atoms with Gasteiger partial charge in [-0.1, -0.05) is 30.3 Å². The van der Waals surface area contributed by atoms with Crippen LogP contribution in [0.4, 0.5) is 27.8 Å². The number of anilines is 1. The van der Waals surface area contributed by atoms with Crippen LogP contribution >= 0.6 is 12.4 Å². The van der Waals surface area contributed by atoms with E-state index in [2.05, 4.69) is 10.2 Å². The van der Waals surface area contributed by atoms with E-state index >= 15 is 0 Å². The predicted molar refractivity (Wildman–Crippen MR) is 141 cm³/mol. The zero-order chi connectivity index (χ0) is 27.0. The molecule has 5 nitrogen and oxygen atoms in total. The molecule has 1 saturated heterocycles. The van der Waals surface area contributed by atoms with E-state index in [0.717, 1.165) is 28.5 Å². The van der Waals surface area contributed by atoms with Crippen molar-refractivity contribution in [1.29, 1.82) is 0 Å². The van der Waals surface area contributed by atoms with Gasteiger partial charge in [0.15, 0.2) is 5.82 Å². The minimum atomic E-state index is -4.65. The summed E-state index contributed by atoms with van der Waals surface area (Å²) in [7, 11) is 0. The highest BCUT2D eigenvalue weighted by molar-refractivity contribution is 6.00. The number of halogens is 6. The zero-order valence-electron chi connectivity index (χ0n) is 20.8. The van der Waals surface area contributed by atoms with Crippen LogP contribution in [0.2, 0.25) is 0 Å². The van der Waals surface area contributed by atoms with E-state index in [1.165, 1.54) is 12.1 Å². The standard InChI is InChI=1S/C28H23F5N4O.ClH/c1-17-16-36(25(38)14-19-6-9-20(15-24(19)30)28(31,32)33)12-13-37(17)27-23-5-3-2-4-22(23)26(34-35-27)18-7-10-21(29)11-8-18;/h2-11,15,17H,12-14,16H2,1H3;1H/t17-;/m0./s1. The van der Waals surface area contributed by atoms with E-state index in [1.54, 1.807) is 17.0 Å². The Hall–Kier alpha value is -3.79. The van der Waals surface area contributed by atoms with Crippen molar-refractivity contribution < 1.29 is 26.7 Å². The number of piperazine rings is 1. The molecular weight excluding hydrogens is 539 g/mol. The molecule has 1 aliphatic heterocycles. The molecule has 2 heterocycles. The molecule has 1 atom stereocenters. The molecule has 1 aliphatic rings. The van der Waals surface area contributed by atoms with Crippen LogP contribution in [-0.4, -0.2) is 46.7 Å². The van der Waals surface area contributed by atoms with E-state index in [-0.39, 0.29) is 42.2 Å². The highest BCUT2D eigenvalue weighted by atomic mass is 35.5. The fraction of sp³-hybridized carbons (Fsp3) is 0.250. The molecule has 0 unspecified atom stereocenters. The Kier molecular flexibility index (Phi) is 8.06. The van der Waals surface area contributed by atoms with Crippen LogP contribution in [-0.2, 0) is 17.4 Å². The summed E-state index contributed by atoms with van der Waals surface area (Å²) in [4.78, 5) is 16.5. The first-order chi connectivity index (χ1) is 18.1. The van der Waals surface area contributed by atoms with Crippen molar-refractivity contribution in [3.8, 4) is 11.3 Å². The van der Waals surface area contributed by atoms with Gasteiger partial charge in [-0.25, -0.2) is 8.78 Å². The van der Waals surface area contributed by atoms with Gasteiger partial charge in [0.1, 0.15) is 17.3 Å². The summed E-state index contributed by atoms with van der Waals surface area (Å²) in [5.41, 5.74) is 0.198. The van der Waals surface area contributed by atoms with E-state index in [0.29, 0.717) is 37.2 Å². The fourth-order valence-electron chi connectivity index (χ4n) is 4.76. The smallest absolute Gasteiger partial charge is 0.348 e. The summed E-state index contributed by atoms with van der Waals surface area (Å²) >= 11 is 0. The number of amides is 1. The van der Waals surface area contributed by atoms with E-state index < -0.39 is 17.6 Å². The van der Waals surface area contributed by atoms with Gasteiger partial charge in [0.2, 0.25) is 5.91 Å². The van der Waals surface area contributed by atoms with Crippen LogP contribution in [0.3, 0.4) is 0 Å². The summed E-state index contributed by atoms with van der Waals surface area (Å²) < 4.78 is 66.2. The Labute approximate surface area is 227 Å². The molecule has 1 fully saturated rings. The highest BCUT2D eigenvalue weighted by Gasteiger charge is 2.32. The van der Waals surface area contributed by atoms with E-state index in [4.69, 9.17) is 0 Å². The summed E-state index contributed by atoms with van der Waals surface area (Å²) in [6, 6.07) is 15.7. The number of nitrogens with zero attached hydrogens (tertiary/aromatic N) is 4. The van der Waals surface area contributed by atoms with Gasteiger partial charge in [-0.05, 0) is 48.9 Å². The number of aromatic nitrogens is 2. The molecular formula is C28H24ClF5N4O. The Bertz CT molecular complexity index is 1500. The van der Waals surface area contributed by atoms with Crippen molar-refractivity contribution in [3.05, 3.63) is 89.5 Å². The lowest BCUT2D eigenvalue weighted by molar-refractivity contribution is -0.137. The Morgan fingerprint density at radius 1 is 0.949 bits per heavy atom. The number of hydrogen-bond donors (Lipinski definition) is 0. The molecule has 11 heteroatoms. The van der Waals surface area contributed by atoms with Crippen molar-refractivity contribution >= 4 is 34.9 Å². The second-order valence-corrected chi connectivity index (χ2v) is 9.29. The van der Waals surface area contributed by atoms with Gasteiger partial charge in [-0.15, -0.1) is 22.6 Å². The van der Waals surface area contributed by atoms with Gasteiger partial charge in [-0.2, -0.15) is 13.2 Å². The molecule has 1 amide bonds. The highest BCUT2D eigenvalue weighted by Crippen LogP contribution is 2.33. The summed E-state index contributed by atoms with van der Waals surface area (Å²) in [5.74, 6) is -1.11. The Morgan fingerprint density at radius 3 is 2.28 bits per heavy atom. The number of carbonyl (C=O) groups excluding carboxylic acids is 1. The maximum atomic E-state index is 14.3. The largest absolute Gasteiger partial charge is 0.416 e. The quantitative estimate of drug-likeness (QED) is 0.274. The second kappa shape index (κ2) is 11.1. The molecule has 39 heavy (non-hydrogen) atoms. The van der Waals surface area contributed by atoms with Crippen molar-refractivity contribution in [1.82, 2.24) is 15.1 Å². The molecule has 1 aromatic heterocycles. The van der Waals surface area contributed by atoms with Crippen LogP contribution in [0.1, 0.15) is 18.1 Å². The zero-order valence-corrected chi connectivity index (χ0v) is 21.6. The molecule has 0 N–H and O–H groups in total. The fourth-order valence-corrected chi connectivity index (χ4v) is 4.76. The SMILES string of the molecule is C[C@H]1CN(C(=O)Cc2ccc(C(F)(F)F)cc2F)CCN1c1nnc(-c2ccc(F)cc2)c2ccccc12.Cl. The van der Waals surface area contributed by atoms with Crippen molar-refractivity contribution in [2.45, 2.75) is 25.6 Å². The molecule has 0 bridgehead atoms. The number of rotatable bonds is 4. The topological polar surface area (TPSA) is 49.3 Å². The summed E-state index contributed by atoms with van der Waals surface area (Å²) in [6.07, 6.45) is -4.98. The third-order valence-corrected chi connectivity index (χ3v) is 6.76. The molecule has 4 aromatic rings. The van der Waals surface area contributed by atoms with Crippen LogP contribution in [0.5, 0.6) is 0 Å². The number of hydrogen-bond acceptors (Lipinski definition) is 4. The van der Waals surface area contributed by atoms with Crippen molar-refractivity contribution in [3.63, 3.8) is 0 Å². The number of fused-ring (bicyclic) bond motifs is 1. The number of alkyl halides is 3. The van der Waals surface area contributed by atoms with E-state index in [9.17, 15) is 26.7 Å². The summed E-state index contributed by atoms with van der Waals surface area (Å²) in [6.45, 7) is 3.04. The predicted octanol–water partition coefficient (Wildman–Crippen LogP) is 6.30. The van der Waals surface area contributed by atoms with Gasteiger partial charge < -0.3 is 9.80 Å². The van der Waals surface area contributed by atoms with Gasteiger partial charge >= 0.3 is 6.18 Å². The Balaban J connectivity index is 0.00000353. The van der Waals surface area contributed by atoms with Crippen molar-refractivity contribution in [2.24, 2.45) is 0 Å². The van der Waals surface area contributed by atoms with Gasteiger partial charge in [-0.3, -0.25) is 4.79 Å². The summed E-state index contributed by atoms with van der Waals surface area (Å²) in [5, 5.41) is 10.7. The molecule has 5 rings (SSSR count). The van der Waals surface area contributed by atoms with E-state index in [1.807, 2.05) is 36.1 Å². The molecule has 3 aromatic carbocycles. The minimum absolute atomic E-state index is 0. The molecule has 204 valence electrons. The van der Waals surface area contributed by atoms with Crippen molar-refractivity contribution in [2.75, 3.05) is 24.5 Å². The lowest BCUT2D eigenvalue weighted by Crippen LogP contribution is -2.54. The number of carbonyl (C=O) groups is 1. The average molecular weight is 563 g/mol. The lowest BCUT2D eigenvalue weighted by atomic mass is 10.0. The first-order valence-corrected chi connectivity index (χ1v) is 12.0. The van der Waals surface area contributed by atoms with Gasteiger partial charge in [0.05, 0.1) is 12.0 Å².